The molecule has 0 aromatic heterocycles. The Morgan fingerprint density at radius 1 is 1.29 bits per heavy atom. The molecule has 17 heavy (non-hydrogen) atoms. The first-order chi connectivity index (χ1) is 8.03. The van der Waals surface area contributed by atoms with Crippen molar-refractivity contribution in [2.45, 2.75) is 71.4 Å². The largest absolute Gasteiger partial charge is 0.338 e. The zero-order valence-corrected chi connectivity index (χ0v) is 11.9. The quantitative estimate of drug-likeness (QED) is 0.819. The molecule has 1 fully saturated rings. The van der Waals surface area contributed by atoms with Gasteiger partial charge in [0.05, 0.1) is 5.54 Å². The van der Waals surface area contributed by atoms with Gasteiger partial charge in [0, 0.05) is 12.6 Å². The highest BCUT2D eigenvalue weighted by Gasteiger charge is 2.34. The van der Waals surface area contributed by atoms with E-state index in [2.05, 4.69) is 24.1 Å². The lowest BCUT2D eigenvalue weighted by Gasteiger charge is -2.36. The number of amides is 1. The van der Waals surface area contributed by atoms with Crippen molar-refractivity contribution >= 4 is 5.91 Å². The Morgan fingerprint density at radius 3 is 2.59 bits per heavy atom. The Hall–Kier alpha value is -0.570. The van der Waals surface area contributed by atoms with E-state index in [1.807, 2.05) is 13.8 Å². The van der Waals surface area contributed by atoms with E-state index in [4.69, 9.17) is 0 Å². The number of rotatable bonds is 4. The molecule has 0 spiro atoms. The molecule has 1 aliphatic heterocycles. The monoisotopic (exact) mass is 240 g/mol. The molecule has 0 aromatic carbocycles. The van der Waals surface area contributed by atoms with Crippen LogP contribution >= 0.6 is 0 Å². The van der Waals surface area contributed by atoms with Gasteiger partial charge >= 0.3 is 0 Å². The summed E-state index contributed by atoms with van der Waals surface area (Å²) in [5, 5.41) is 3.29. The molecule has 100 valence electrons. The van der Waals surface area contributed by atoms with Crippen molar-refractivity contribution < 1.29 is 4.79 Å². The lowest BCUT2D eigenvalue weighted by atomic mass is 10.0. The van der Waals surface area contributed by atoms with Crippen LogP contribution in [0.1, 0.15) is 59.8 Å². The minimum absolute atomic E-state index is 0.271. The van der Waals surface area contributed by atoms with Crippen molar-refractivity contribution in [2.75, 3.05) is 13.1 Å². The molecule has 0 aliphatic carbocycles. The Labute approximate surface area is 106 Å². The zero-order valence-electron chi connectivity index (χ0n) is 11.9. The van der Waals surface area contributed by atoms with Crippen LogP contribution in [0.2, 0.25) is 0 Å². The summed E-state index contributed by atoms with van der Waals surface area (Å²) in [6.45, 7) is 10.0. The molecule has 0 saturated carbocycles. The Morgan fingerprint density at radius 2 is 2.00 bits per heavy atom. The van der Waals surface area contributed by atoms with E-state index < -0.39 is 5.54 Å². The van der Waals surface area contributed by atoms with Crippen LogP contribution in [0.5, 0.6) is 0 Å². The topological polar surface area (TPSA) is 32.3 Å². The summed E-state index contributed by atoms with van der Waals surface area (Å²) in [5.41, 5.74) is -0.424. The second-order valence-corrected chi connectivity index (χ2v) is 5.57. The summed E-state index contributed by atoms with van der Waals surface area (Å²) in [7, 11) is 0. The number of nitrogens with one attached hydrogen (secondary N) is 1. The van der Waals surface area contributed by atoms with Crippen molar-refractivity contribution in [3.63, 3.8) is 0 Å². The number of carbonyl (C=O) groups is 1. The number of hydrogen-bond acceptors (Lipinski definition) is 2. The number of likely N-dealkylation sites (N-methyl/N-ethyl adjacent to an activating group) is 1. The van der Waals surface area contributed by atoms with Crippen LogP contribution in [0.15, 0.2) is 0 Å². The van der Waals surface area contributed by atoms with Gasteiger partial charge in [-0.3, -0.25) is 4.79 Å². The Bertz CT molecular complexity index is 251. The van der Waals surface area contributed by atoms with E-state index in [0.717, 1.165) is 25.9 Å². The number of likely N-dealkylation sites (tertiary alicyclic amines) is 1. The van der Waals surface area contributed by atoms with Gasteiger partial charge < -0.3 is 10.2 Å². The lowest BCUT2D eigenvalue weighted by molar-refractivity contribution is -0.139. The van der Waals surface area contributed by atoms with E-state index in [1.54, 1.807) is 0 Å². The van der Waals surface area contributed by atoms with Gasteiger partial charge in [-0.15, -0.1) is 0 Å². The average Bonchev–Trinajstić information content (AvgIpc) is 2.52. The van der Waals surface area contributed by atoms with Gasteiger partial charge in [0.25, 0.3) is 0 Å². The van der Waals surface area contributed by atoms with Crippen LogP contribution in [0.25, 0.3) is 0 Å². The summed E-state index contributed by atoms with van der Waals surface area (Å²) in [5.74, 6) is 0.271. The molecule has 3 nitrogen and oxygen atoms in total. The third kappa shape index (κ3) is 3.70. The first-order valence-electron chi connectivity index (χ1n) is 7.09. The molecule has 0 bridgehead atoms. The van der Waals surface area contributed by atoms with E-state index in [9.17, 15) is 4.79 Å². The van der Waals surface area contributed by atoms with Gasteiger partial charge in [-0.2, -0.15) is 0 Å². The van der Waals surface area contributed by atoms with Gasteiger partial charge in [-0.25, -0.2) is 0 Å². The fourth-order valence-corrected chi connectivity index (χ4v) is 2.75. The van der Waals surface area contributed by atoms with Crippen molar-refractivity contribution in [1.82, 2.24) is 10.2 Å². The molecule has 1 saturated heterocycles. The summed E-state index contributed by atoms with van der Waals surface area (Å²) in [6, 6.07) is 0.447. The Kier molecular flexibility index (Phi) is 5.44. The van der Waals surface area contributed by atoms with Crippen molar-refractivity contribution in [1.29, 1.82) is 0 Å². The second kappa shape index (κ2) is 6.39. The molecule has 1 N–H and O–H groups in total. The SMILES string of the molecule is CCNC(C)(C)C(=O)N1CCCCCC1CC. The molecule has 1 unspecified atom stereocenters. The standard InChI is InChI=1S/C14H28N2O/c1-5-12-10-8-7-9-11-16(12)13(17)14(3,4)15-6-2/h12,15H,5-11H2,1-4H3. The molecular formula is C14H28N2O. The van der Waals surface area contributed by atoms with E-state index in [-0.39, 0.29) is 5.91 Å². The fourth-order valence-electron chi connectivity index (χ4n) is 2.75. The van der Waals surface area contributed by atoms with E-state index in [1.165, 1.54) is 19.3 Å². The molecule has 1 rings (SSSR count). The first-order valence-corrected chi connectivity index (χ1v) is 7.09. The minimum Gasteiger partial charge on any atom is -0.338 e. The summed E-state index contributed by atoms with van der Waals surface area (Å²) in [4.78, 5) is 14.7. The predicted molar refractivity (Wildman–Crippen MR) is 72.0 cm³/mol. The van der Waals surface area contributed by atoms with Crippen LogP contribution < -0.4 is 5.32 Å². The second-order valence-electron chi connectivity index (χ2n) is 5.57. The molecule has 0 aromatic rings. The van der Waals surface area contributed by atoms with E-state index >= 15 is 0 Å². The maximum Gasteiger partial charge on any atom is 0.242 e. The highest BCUT2D eigenvalue weighted by atomic mass is 16.2. The number of nitrogens with zero attached hydrogens (tertiary/aromatic N) is 1. The highest BCUT2D eigenvalue weighted by Crippen LogP contribution is 2.22. The highest BCUT2D eigenvalue weighted by molar-refractivity contribution is 5.85. The number of carbonyl (C=O) groups excluding carboxylic acids is 1. The van der Waals surface area contributed by atoms with Crippen molar-refractivity contribution in [2.24, 2.45) is 0 Å². The molecule has 1 aliphatic rings. The minimum atomic E-state index is -0.424. The Balaban J connectivity index is 2.76. The third-order valence-corrected chi connectivity index (χ3v) is 3.76. The molecular weight excluding hydrogens is 212 g/mol. The maximum absolute atomic E-state index is 12.6. The van der Waals surface area contributed by atoms with Crippen LogP contribution in [0, 0.1) is 0 Å². The van der Waals surface area contributed by atoms with Gasteiger partial charge in [0.2, 0.25) is 5.91 Å². The van der Waals surface area contributed by atoms with Gasteiger partial charge in [0.15, 0.2) is 0 Å². The smallest absolute Gasteiger partial charge is 0.242 e. The predicted octanol–water partition coefficient (Wildman–Crippen LogP) is 2.56. The summed E-state index contributed by atoms with van der Waals surface area (Å²) >= 11 is 0. The fraction of sp³-hybridized carbons (Fsp3) is 0.929. The maximum atomic E-state index is 12.6. The van der Waals surface area contributed by atoms with Crippen molar-refractivity contribution in [3.05, 3.63) is 0 Å². The molecule has 0 radical (unpaired) electrons. The van der Waals surface area contributed by atoms with Crippen LogP contribution in [0.4, 0.5) is 0 Å². The average molecular weight is 240 g/mol. The van der Waals surface area contributed by atoms with Gasteiger partial charge in [0.1, 0.15) is 0 Å². The molecule has 3 heteroatoms. The van der Waals surface area contributed by atoms with Gasteiger partial charge in [-0.05, 0) is 39.7 Å². The normalized spacial score (nSPS) is 22.4. The third-order valence-electron chi connectivity index (χ3n) is 3.76. The molecule has 1 amide bonds. The molecule has 1 atom stereocenters. The molecule has 1 heterocycles. The summed E-state index contributed by atoms with van der Waals surface area (Å²) < 4.78 is 0. The summed E-state index contributed by atoms with van der Waals surface area (Å²) in [6.07, 6.45) is 5.94. The zero-order chi connectivity index (χ0) is 12.9. The first kappa shape index (κ1) is 14.5. The van der Waals surface area contributed by atoms with Crippen LogP contribution in [-0.2, 0) is 4.79 Å². The van der Waals surface area contributed by atoms with Crippen molar-refractivity contribution in [3.8, 4) is 0 Å². The van der Waals surface area contributed by atoms with Gasteiger partial charge in [-0.1, -0.05) is 26.7 Å². The van der Waals surface area contributed by atoms with E-state index in [0.29, 0.717) is 6.04 Å². The van der Waals surface area contributed by atoms with Crippen LogP contribution in [0.3, 0.4) is 0 Å². The number of hydrogen-bond donors (Lipinski definition) is 1. The lowest BCUT2D eigenvalue weighted by Crippen LogP contribution is -2.56. The van der Waals surface area contributed by atoms with Crippen LogP contribution in [-0.4, -0.2) is 35.5 Å².